The van der Waals surface area contributed by atoms with Crippen LogP contribution < -0.4 is 5.32 Å². The molecule has 1 fully saturated rings. The van der Waals surface area contributed by atoms with Crippen molar-refractivity contribution in [2.24, 2.45) is 0 Å². The number of thioether (sulfide) groups is 1. The van der Waals surface area contributed by atoms with Crippen molar-refractivity contribution in [1.82, 2.24) is 15.1 Å². The fourth-order valence-electron chi connectivity index (χ4n) is 3.54. The van der Waals surface area contributed by atoms with Crippen LogP contribution in [0, 0.1) is 13.8 Å². The molecule has 2 aromatic carbocycles. The zero-order chi connectivity index (χ0) is 20.6. The van der Waals surface area contributed by atoms with Gasteiger partial charge in [-0.1, -0.05) is 36.4 Å². The summed E-state index contributed by atoms with van der Waals surface area (Å²) in [6, 6.07) is 16.9. The quantitative estimate of drug-likeness (QED) is 0.669. The third-order valence-corrected chi connectivity index (χ3v) is 6.65. The van der Waals surface area contributed by atoms with E-state index in [0.29, 0.717) is 6.42 Å². The second-order valence-corrected chi connectivity index (χ2v) is 9.15. The molecule has 1 aliphatic heterocycles. The van der Waals surface area contributed by atoms with Gasteiger partial charge < -0.3 is 10.2 Å². The topological polar surface area (TPSA) is 35.6 Å². The van der Waals surface area contributed by atoms with Gasteiger partial charge in [0.05, 0.1) is 6.04 Å². The standard InChI is InChI=1S/C24H33N3OS/c1-19-9-10-22(17-20(19)2)29-16-11-24(28)25-23(21-7-5-4-6-8-21)18-27-14-12-26(3)13-15-27/h4-10,17,23H,11-16,18H2,1-3H3,(H,25,28). The summed E-state index contributed by atoms with van der Waals surface area (Å²) in [5.41, 5.74) is 3.79. The zero-order valence-electron chi connectivity index (χ0n) is 17.9. The molecule has 3 rings (SSSR count). The van der Waals surface area contributed by atoms with Crippen molar-refractivity contribution in [3.63, 3.8) is 0 Å². The molecule has 0 bridgehead atoms. The first kappa shape index (κ1) is 21.9. The maximum atomic E-state index is 12.7. The molecule has 0 aliphatic carbocycles. The van der Waals surface area contributed by atoms with Crippen molar-refractivity contribution >= 4 is 17.7 Å². The van der Waals surface area contributed by atoms with E-state index in [1.165, 1.54) is 21.6 Å². The van der Waals surface area contributed by atoms with Crippen molar-refractivity contribution < 1.29 is 4.79 Å². The second-order valence-electron chi connectivity index (χ2n) is 7.98. The normalized spacial score (nSPS) is 16.5. The van der Waals surface area contributed by atoms with Crippen LogP contribution in [0.1, 0.15) is 29.2 Å². The third kappa shape index (κ3) is 6.88. The molecule has 1 aliphatic rings. The van der Waals surface area contributed by atoms with Crippen LogP contribution in [0.25, 0.3) is 0 Å². The predicted molar refractivity (Wildman–Crippen MR) is 123 cm³/mol. The van der Waals surface area contributed by atoms with Crippen LogP contribution in [0.4, 0.5) is 0 Å². The lowest BCUT2D eigenvalue weighted by Crippen LogP contribution is -2.47. The van der Waals surface area contributed by atoms with Crippen LogP contribution in [0.3, 0.4) is 0 Å². The lowest BCUT2D eigenvalue weighted by Gasteiger charge is -2.35. The molecule has 1 unspecified atom stereocenters. The molecular weight excluding hydrogens is 378 g/mol. The Kier molecular flexibility index (Phi) is 8.16. The molecule has 1 amide bonds. The monoisotopic (exact) mass is 411 g/mol. The Balaban J connectivity index is 1.53. The minimum absolute atomic E-state index is 0.0405. The Bertz CT molecular complexity index is 788. The number of carbonyl (C=O) groups is 1. The number of benzene rings is 2. The average molecular weight is 412 g/mol. The van der Waals surface area contributed by atoms with Gasteiger partial charge in [-0.3, -0.25) is 9.69 Å². The van der Waals surface area contributed by atoms with Gasteiger partial charge in [0.2, 0.25) is 5.91 Å². The lowest BCUT2D eigenvalue weighted by molar-refractivity contribution is -0.121. The summed E-state index contributed by atoms with van der Waals surface area (Å²) in [6.45, 7) is 9.41. The first-order valence-corrected chi connectivity index (χ1v) is 11.4. The van der Waals surface area contributed by atoms with Crippen LogP contribution in [0.15, 0.2) is 53.4 Å². The minimum atomic E-state index is 0.0405. The van der Waals surface area contributed by atoms with Gasteiger partial charge in [0.15, 0.2) is 0 Å². The summed E-state index contributed by atoms with van der Waals surface area (Å²) < 4.78 is 0. The van der Waals surface area contributed by atoms with Crippen molar-refractivity contribution in [2.75, 3.05) is 45.5 Å². The molecule has 5 heteroatoms. The zero-order valence-corrected chi connectivity index (χ0v) is 18.7. The molecule has 0 aromatic heterocycles. The molecule has 1 saturated heterocycles. The Morgan fingerprint density at radius 1 is 1.03 bits per heavy atom. The molecule has 1 N–H and O–H groups in total. The Morgan fingerprint density at radius 2 is 1.76 bits per heavy atom. The van der Waals surface area contributed by atoms with E-state index in [-0.39, 0.29) is 11.9 Å². The van der Waals surface area contributed by atoms with Gasteiger partial charge in [-0.2, -0.15) is 0 Å². The van der Waals surface area contributed by atoms with Gasteiger partial charge in [-0.25, -0.2) is 0 Å². The molecule has 1 atom stereocenters. The van der Waals surface area contributed by atoms with E-state index in [2.05, 4.69) is 66.3 Å². The first-order valence-electron chi connectivity index (χ1n) is 10.5. The van der Waals surface area contributed by atoms with Crippen LogP contribution in [0.5, 0.6) is 0 Å². The highest BCUT2D eigenvalue weighted by molar-refractivity contribution is 7.99. The van der Waals surface area contributed by atoms with Gasteiger partial charge in [0.25, 0.3) is 0 Å². The summed E-state index contributed by atoms with van der Waals surface area (Å²) in [5, 5.41) is 3.29. The van der Waals surface area contributed by atoms with Gasteiger partial charge in [0.1, 0.15) is 0 Å². The second kappa shape index (κ2) is 10.8. The first-order chi connectivity index (χ1) is 14.0. The number of rotatable bonds is 8. The van der Waals surface area contributed by atoms with E-state index in [4.69, 9.17) is 0 Å². The largest absolute Gasteiger partial charge is 0.348 e. The highest BCUT2D eigenvalue weighted by atomic mass is 32.2. The molecule has 4 nitrogen and oxygen atoms in total. The SMILES string of the molecule is Cc1ccc(SCCC(=O)NC(CN2CCN(C)CC2)c2ccccc2)cc1C. The van der Waals surface area contributed by atoms with E-state index in [1.807, 2.05) is 18.2 Å². The summed E-state index contributed by atoms with van der Waals surface area (Å²) in [4.78, 5) is 18.7. The number of nitrogens with one attached hydrogen (secondary N) is 1. The number of hydrogen-bond donors (Lipinski definition) is 1. The number of amides is 1. The van der Waals surface area contributed by atoms with E-state index in [9.17, 15) is 4.79 Å². The van der Waals surface area contributed by atoms with E-state index in [1.54, 1.807) is 11.8 Å². The Morgan fingerprint density at radius 3 is 2.45 bits per heavy atom. The average Bonchev–Trinajstić information content (AvgIpc) is 2.72. The number of piperazine rings is 1. The highest BCUT2D eigenvalue weighted by Crippen LogP contribution is 2.22. The predicted octanol–water partition coefficient (Wildman–Crippen LogP) is 3.89. The van der Waals surface area contributed by atoms with Crippen molar-refractivity contribution in [1.29, 1.82) is 0 Å². The smallest absolute Gasteiger partial charge is 0.221 e. The van der Waals surface area contributed by atoms with Crippen LogP contribution >= 0.6 is 11.8 Å². The van der Waals surface area contributed by atoms with E-state index < -0.39 is 0 Å². The molecule has 29 heavy (non-hydrogen) atoms. The number of nitrogens with zero attached hydrogens (tertiary/aromatic N) is 2. The summed E-state index contributed by atoms with van der Waals surface area (Å²) in [6.07, 6.45) is 0.531. The number of hydrogen-bond acceptors (Lipinski definition) is 4. The molecule has 0 radical (unpaired) electrons. The molecular formula is C24H33N3OS. The molecule has 0 spiro atoms. The van der Waals surface area contributed by atoms with Crippen LogP contribution in [0.2, 0.25) is 0 Å². The van der Waals surface area contributed by atoms with Gasteiger partial charge in [-0.05, 0) is 49.7 Å². The van der Waals surface area contributed by atoms with E-state index >= 15 is 0 Å². The highest BCUT2D eigenvalue weighted by Gasteiger charge is 2.21. The number of likely N-dealkylation sites (N-methyl/N-ethyl adjacent to an activating group) is 1. The van der Waals surface area contributed by atoms with Gasteiger partial charge in [0, 0.05) is 49.8 Å². The van der Waals surface area contributed by atoms with E-state index in [0.717, 1.165) is 38.5 Å². The maximum absolute atomic E-state index is 12.7. The Hall–Kier alpha value is -1.82. The van der Waals surface area contributed by atoms with Crippen LogP contribution in [-0.4, -0.2) is 61.2 Å². The van der Waals surface area contributed by atoms with Gasteiger partial charge in [-0.15, -0.1) is 11.8 Å². The molecule has 1 heterocycles. The number of carbonyl (C=O) groups excluding carboxylic acids is 1. The fourth-order valence-corrected chi connectivity index (χ4v) is 4.49. The van der Waals surface area contributed by atoms with Crippen molar-refractivity contribution in [2.45, 2.75) is 31.2 Å². The molecule has 156 valence electrons. The molecule has 2 aromatic rings. The Labute approximate surface area is 179 Å². The number of aryl methyl sites for hydroxylation is 2. The van der Waals surface area contributed by atoms with Crippen molar-refractivity contribution in [3.8, 4) is 0 Å². The summed E-state index contributed by atoms with van der Waals surface area (Å²) >= 11 is 1.75. The van der Waals surface area contributed by atoms with Crippen molar-refractivity contribution in [3.05, 3.63) is 65.2 Å². The lowest BCUT2D eigenvalue weighted by atomic mass is 10.1. The summed E-state index contributed by atoms with van der Waals surface area (Å²) in [5.74, 6) is 0.925. The minimum Gasteiger partial charge on any atom is -0.348 e. The summed E-state index contributed by atoms with van der Waals surface area (Å²) in [7, 11) is 2.17. The fraction of sp³-hybridized carbons (Fsp3) is 0.458. The third-order valence-electron chi connectivity index (χ3n) is 5.65. The van der Waals surface area contributed by atoms with Gasteiger partial charge >= 0.3 is 0 Å². The van der Waals surface area contributed by atoms with Crippen LogP contribution in [-0.2, 0) is 4.79 Å². The maximum Gasteiger partial charge on any atom is 0.221 e. The molecule has 0 saturated carbocycles.